The Hall–Kier alpha value is -3.26. The smallest absolute Gasteiger partial charge is 0.355 e. The first-order valence-corrected chi connectivity index (χ1v) is 11.4. The lowest BCUT2D eigenvalue weighted by Crippen LogP contribution is -2.64. The summed E-state index contributed by atoms with van der Waals surface area (Å²) in [5.74, 6) is 0.730. The van der Waals surface area contributed by atoms with Gasteiger partial charge in [0.25, 0.3) is 5.91 Å². The molecule has 7 nitrogen and oxygen atoms in total. The van der Waals surface area contributed by atoms with Gasteiger partial charge in [-0.1, -0.05) is 31.2 Å². The second-order valence-corrected chi connectivity index (χ2v) is 8.53. The molecule has 2 aromatic rings. The van der Waals surface area contributed by atoms with Crippen LogP contribution in [0.2, 0.25) is 0 Å². The van der Waals surface area contributed by atoms with E-state index in [-0.39, 0.29) is 23.6 Å². The van der Waals surface area contributed by atoms with E-state index in [0.29, 0.717) is 23.4 Å². The number of methoxy groups -OCH3 is 1. The normalized spacial score (nSPS) is 20.2. The first kappa shape index (κ1) is 22.0. The lowest BCUT2D eigenvalue weighted by atomic mass is 10.0. The van der Waals surface area contributed by atoms with Crippen molar-refractivity contribution < 1.29 is 24.2 Å². The molecule has 2 atom stereocenters. The second kappa shape index (κ2) is 9.48. The number of fused-ring (bicyclic) bond motifs is 1. The van der Waals surface area contributed by atoms with Gasteiger partial charge in [-0.05, 0) is 41.8 Å². The van der Waals surface area contributed by atoms with E-state index in [1.807, 2.05) is 19.1 Å². The number of aliphatic imine (C=N–C) groups is 1. The molecule has 32 heavy (non-hydrogen) atoms. The first-order valence-electron chi connectivity index (χ1n) is 10.3. The highest BCUT2D eigenvalue weighted by atomic mass is 32.2. The van der Waals surface area contributed by atoms with Gasteiger partial charge in [0.05, 0.1) is 7.11 Å². The number of hydrogen-bond acceptors (Lipinski definition) is 7. The van der Waals surface area contributed by atoms with Crippen LogP contribution in [0.5, 0.6) is 11.5 Å². The molecule has 1 fully saturated rings. The number of carbonyl (C=O) groups is 2. The molecule has 2 aromatic carbocycles. The van der Waals surface area contributed by atoms with Crippen molar-refractivity contribution in [1.29, 1.82) is 0 Å². The highest BCUT2D eigenvalue weighted by Gasteiger charge is 2.53. The molecule has 0 aliphatic carbocycles. The summed E-state index contributed by atoms with van der Waals surface area (Å²) in [4.78, 5) is 31.8. The SMILES string of the molecule is CCC1=C(C(=O)OCc2ccc(OC)cc2)N2C(=O)[C@@H](N=Cc3ccccc3O)[C@H]2SC1. The lowest BCUT2D eigenvalue weighted by molar-refractivity contribution is -0.151. The summed E-state index contributed by atoms with van der Waals surface area (Å²) in [6, 6.07) is 13.5. The Morgan fingerprint density at radius 3 is 2.69 bits per heavy atom. The van der Waals surface area contributed by atoms with Gasteiger partial charge in [-0.3, -0.25) is 14.7 Å². The van der Waals surface area contributed by atoms with Gasteiger partial charge >= 0.3 is 5.97 Å². The van der Waals surface area contributed by atoms with E-state index >= 15 is 0 Å². The summed E-state index contributed by atoms with van der Waals surface area (Å²) in [7, 11) is 1.59. The number of hydrogen-bond donors (Lipinski definition) is 1. The molecule has 8 heteroatoms. The lowest BCUT2D eigenvalue weighted by Gasteiger charge is -2.48. The molecule has 0 bridgehead atoms. The number of para-hydroxylation sites is 1. The number of amides is 1. The summed E-state index contributed by atoms with van der Waals surface area (Å²) in [5.41, 5.74) is 2.61. The predicted octanol–water partition coefficient (Wildman–Crippen LogP) is 3.51. The Kier molecular flexibility index (Phi) is 6.50. The zero-order valence-corrected chi connectivity index (χ0v) is 18.7. The van der Waals surface area contributed by atoms with Gasteiger partial charge < -0.3 is 14.6 Å². The summed E-state index contributed by atoms with van der Waals surface area (Å²) >= 11 is 1.59. The quantitative estimate of drug-likeness (QED) is 0.393. The molecule has 166 valence electrons. The number of rotatable bonds is 7. The molecular weight excluding hydrogens is 428 g/mol. The minimum absolute atomic E-state index is 0.104. The number of phenols is 1. The van der Waals surface area contributed by atoms with E-state index in [0.717, 1.165) is 16.9 Å². The Balaban J connectivity index is 1.47. The van der Waals surface area contributed by atoms with Gasteiger partial charge in [0, 0.05) is 17.5 Å². The van der Waals surface area contributed by atoms with Crippen LogP contribution in [0, 0.1) is 0 Å². The first-order chi connectivity index (χ1) is 15.5. The topological polar surface area (TPSA) is 88.4 Å². The molecule has 4 rings (SSSR count). The Morgan fingerprint density at radius 2 is 2.00 bits per heavy atom. The Morgan fingerprint density at radius 1 is 1.25 bits per heavy atom. The van der Waals surface area contributed by atoms with E-state index in [1.54, 1.807) is 55.3 Å². The van der Waals surface area contributed by atoms with Gasteiger partial charge in [-0.15, -0.1) is 11.8 Å². The molecule has 0 radical (unpaired) electrons. The van der Waals surface area contributed by atoms with Crippen molar-refractivity contribution in [3.8, 4) is 11.5 Å². The van der Waals surface area contributed by atoms with E-state index in [4.69, 9.17) is 9.47 Å². The predicted molar refractivity (Wildman–Crippen MR) is 123 cm³/mol. The number of benzene rings is 2. The number of nitrogens with zero attached hydrogens (tertiary/aromatic N) is 2. The third-order valence-corrected chi connectivity index (χ3v) is 6.80. The maximum Gasteiger partial charge on any atom is 0.355 e. The van der Waals surface area contributed by atoms with Crippen molar-refractivity contribution in [2.75, 3.05) is 12.9 Å². The van der Waals surface area contributed by atoms with Crippen LogP contribution >= 0.6 is 11.8 Å². The number of carbonyl (C=O) groups excluding carboxylic acids is 2. The van der Waals surface area contributed by atoms with Crippen LogP contribution < -0.4 is 4.74 Å². The summed E-state index contributed by atoms with van der Waals surface area (Å²) in [5, 5.41) is 9.65. The van der Waals surface area contributed by atoms with Crippen LogP contribution in [0.15, 0.2) is 64.8 Å². The van der Waals surface area contributed by atoms with Crippen molar-refractivity contribution in [2.24, 2.45) is 4.99 Å². The molecular formula is C24H24N2O5S. The van der Waals surface area contributed by atoms with Crippen molar-refractivity contribution in [2.45, 2.75) is 31.4 Å². The van der Waals surface area contributed by atoms with Crippen molar-refractivity contribution in [3.63, 3.8) is 0 Å². The molecule has 2 heterocycles. The van der Waals surface area contributed by atoms with E-state index in [9.17, 15) is 14.7 Å². The summed E-state index contributed by atoms with van der Waals surface area (Å²) in [6.07, 6.45) is 2.17. The largest absolute Gasteiger partial charge is 0.507 e. The number of phenolic OH excluding ortho intramolecular Hbond substituents is 1. The standard InChI is InChI=1S/C24H24N2O5S/c1-3-16-14-32-23-20(25-12-17-6-4-5-7-19(17)27)22(28)26(23)21(16)24(29)31-13-15-8-10-18(30-2)11-9-15/h4-12,20,23,27H,3,13-14H2,1-2H3/t20-,23-/m1/s1. The number of thioether (sulfide) groups is 1. The van der Waals surface area contributed by atoms with Crippen molar-refractivity contribution in [1.82, 2.24) is 4.90 Å². The van der Waals surface area contributed by atoms with Gasteiger partial charge in [0.1, 0.15) is 29.2 Å². The Labute approximate surface area is 190 Å². The minimum atomic E-state index is -0.595. The monoisotopic (exact) mass is 452 g/mol. The van der Waals surface area contributed by atoms with Crippen LogP contribution in [0.3, 0.4) is 0 Å². The van der Waals surface area contributed by atoms with Crippen LogP contribution in [0.25, 0.3) is 0 Å². The fraction of sp³-hybridized carbons (Fsp3) is 0.292. The zero-order chi connectivity index (χ0) is 22.7. The van der Waals surface area contributed by atoms with Crippen LogP contribution in [-0.2, 0) is 20.9 Å². The second-order valence-electron chi connectivity index (χ2n) is 7.42. The van der Waals surface area contributed by atoms with E-state index in [1.165, 1.54) is 11.1 Å². The molecule has 1 N–H and O–H groups in total. The zero-order valence-electron chi connectivity index (χ0n) is 17.9. The minimum Gasteiger partial charge on any atom is -0.507 e. The van der Waals surface area contributed by atoms with Gasteiger partial charge in [0.15, 0.2) is 6.04 Å². The highest BCUT2D eigenvalue weighted by molar-refractivity contribution is 8.00. The molecule has 2 aliphatic rings. The average Bonchev–Trinajstić information content (AvgIpc) is 2.83. The third kappa shape index (κ3) is 4.23. The molecule has 0 unspecified atom stereocenters. The number of aromatic hydroxyl groups is 1. The highest BCUT2D eigenvalue weighted by Crippen LogP contribution is 2.42. The maximum absolute atomic E-state index is 13.0. The molecule has 0 saturated carbocycles. The number of β-lactam (4-membered cyclic amide) rings is 1. The van der Waals surface area contributed by atoms with Crippen LogP contribution in [0.4, 0.5) is 0 Å². The van der Waals surface area contributed by atoms with Crippen molar-refractivity contribution >= 4 is 29.9 Å². The van der Waals surface area contributed by atoms with Crippen molar-refractivity contribution in [3.05, 3.63) is 70.9 Å². The van der Waals surface area contributed by atoms with Gasteiger partial charge in [-0.2, -0.15) is 0 Å². The molecule has 1 amide bonds. The molecule has 0 spiro atoms. The van der Waals surface area contributed by atoms with Crippen LogP contribution in [-0.4, -0.2) is 52.4 Å². The fourth-order valence-corrected chi connectivity index (χ4v) is 5.06. The Bertz CT molecular complexity index is 1080. The van der Waals surface area contributed by atoms with E-state index < -0.39 is 12.0 Å². The molecule has 2 aliphatic heterocycles. The molecule has 1 saturated heterocycles. The third-order valence-electron chi connectivity index (χ3n) is 5.48. The average molecular weight is 453 g/mol. The van der Waals surface area contributed by atoms with E-state index in [2.05, 4.69) is 4.99 Å². The number of ether oxygens (including phenoxy) is 2. The fourth-order valence-electron chi connectivity index (χ4n) is 3.62. The summed E-state index contributed by atoms with van der Waals surface area (Å²) < 4.78 is 10.7. The number of esters is 1. The van der Waals surface area contributed by atoms with Gasteiger partial charge in [-0.25, -0.2) is 4.79 Å². The summed E-state index contributed by atoms with van der Waals surface area (Å²) in [6.45, 7) is 2.07. The molecule has 0 aromatic heterocycles. The van der Waals surface area contributed by atoms with Gasteiger partial charge in [0.2, 0.25) is 0 Å². The van der Waals surface area contributed by atoms with Crippen LogP contribution in [0.1, 0.15) is 24.5 Å². The maximum atomic E-state index is 13.0.